The standard InChI is InChI=1S/C22H25N3O3/c1-27-20-18(6-4-13-23-20)9-14-24-21(26)25-15-11-22(12-16-25)10-8-17-5-2-3-7-19(17)28-22/h2-8,10,13H,9,11-12,14-16H2,1H3,(H,24,26). The molecule has 4 rings (SSSR count). The maximum Gasteiger partial charge on any atom is 0.317 e. The number of urea groups is 1. The second kappa shape index (κ2) is 7.92. The average Bonchev–Trinajstić information content (AvgIpc) is 2.74. The molecule has 3 heterocycles. The largest absolute Gasteiger partial charge is 0.482 e. The van der Waals surface area contributed by atoms with Gasteiger partial charge in [0.15, 0.2) is 0 Å². The third-order valence-electron chi connectivity index (χ3n) is 5.41. The highest BCUT2D eigenvalue weighted by Gasteiger charge is 2.37. The molecule has 2 aliphatic heterocycles. The number of methoxy groups -OCH3 is 1. The van der Waals surface area contributed by atoms with E-state index < -0.39 is 0 Å². The first-order valence-corrected chi connectivity index (χ1v) is 9.67. The Hall–Kier alpha value is -3.02. The van der Waals surface area contributed by atoms with Gasteiger partial charge in [-0.2, -0.15) is 0 Å². The van der Waals surface area contributed by atoms with Gasteiger partial charge in [-0.1, -0.05) is 30.3 Å². The molecular formula is C22H25N3O3. The van der Waals surface area contributed by atoms with E-state index in [4.69, 9.17) is 9.47 Å². The van der Waals surface area contributed by atoms with E-state index in [1.54, 1.807) is 13.3 Å². The van der Waals surface area contributed by atoms with E-state index in [9.17, 15) is 4.79 Å². The highest BCUT2D eigenvalue weighted by atomic mass is 16.5. The van der Waals surface area contributed by atoms with Crippen molar-refractivity contribution < 1.29 is 14.3 Å². The number of hydrogen-bond donors (Lipinski definition) is 1. The predicted molar refractivity (Wildman–Crippen MR) is 108 cm³/mol. The molecule has 2 aromatic rings. The summed E-state index contributed by atoms with van der Waals surface area (Å²) in [6, 6.07) is 11.9. The van der Waals surface area contributed by atoms with Gasteiger partial charge in [0.25, 0.3) is 0 Å². The first kappa shape index (κ1) is 18.3. The summed E-state index contributed by atoms with van der Waals surface area (Å²) in [6.07, 6.45) is 8.26. The smallest absolute Gasteiger partial charge is 0.317 e. The van der Waals surface area contributed by atoms with Crippen LogP contribution in [0, 0.1) is 0 Å². The molecule has 0 aliphatic carbocycles. The van der Waals surface area contributed by atoms with Gasteiger partial charge in [0.05, 0.1) is 7.11 Å². The van der Waals surface area contributed by atoms with Crippen LogP contribution in [0.25, 0.3) is 6.08 Å². The molecule has 1 spiro atoms. The van der Waals surface area contributed by atoms with Gasteiger partial charge in [-0.15, -0.1) is 0 Å². The number of carbonyl (C=O) groups is 1. The van der Waals surface area contributed by atoms with Crippen LogP contribution >= 0.6 is 0 Å². The van der Waals surface area contributed by atoms with Gasteiger partial charge in [0.1, 0.15) is 11.4 Å². The van der Waals surface area contributed by atoms with E-state index in [0.29, 0.717) is 31.9 Å². The molecule has 1 saturated heterocycles. The molecule has 28 heavy (non-hydrogen) atoms. The summed E-state index contributed by atoms with van der Waals surface area (Å²) >= 11 is 0. The number of nitrogens with zero attached hydrogens (tertiary/aromatic N) is 2. The molecule has 6 heteroatoms. The van der Waals surface area contributed by atoms with Crippen LogP contribution in [-0.2, 0) is 6.42 Å². The molecule has 2 aliphatic rings. The second-order valence-electron chi connectivity index (χ2n) is 7.18. The van der Waals surface area contributed by atoms with E-state index in [0.717, 1.165) is 29.7 Å². The van der Waals surface area contributed by atoms with Crippen molar-refractivity contribution >= 4 is 12.1 Å². The lowest BCUT2D eigenvalue weighted by Crippen LogP contribution is -2.52. The van der Waals surface area contributed by atoms with Crippen molar-refractivity contribution in [3.63, 3.8) is 0 Å². The van der Waals surface area contributed by atoms with Gasteiger partial charge in [0.2, 0.25) is 5.88 Å². The van der Waals surface area contributed by atoms with Gasteiger partial charge in [-0.05, 0) is 24.6 Å². The number of aromatic nitrogens is 1. The zero-order chi connectivity index (χ0) is 19.4. The summed E-state index contributed by atoms with van der Waals surface area (Å²) in [7, 11) is 1.61. The van der Waals surface area contributed by atoms with Gasteiger partial charge >= 0.3 is 6.03 Å². The highest BCUT2D eigenvalue weighted by molar-refractivity contribution is 5.74. The Kier molecular flexibility index (Phi) is 5.19. The minimum Gasteiger partial charge on any atom is -0.482 e. The van der Waals surface area contributed by atoms with Crippen molar-refractivity contribution in [2.75, 3.05) is 26.7 Å². The number of pyridine rings is 1. The molecule has 0 saturated carbocycles. The molecule has 0 radical (unpaired) electrons. The topological polar surface area (TPSA) is 63.7 Å². The van der Waals surface area contributed by atoms with Gasteiger partial charge < -0.3 is 19.7 Å². The first-order chi connectivity index (χ1) is 13.7. The molecule has 0 unspecified atom stereocenters. The van der Waals surface area contributed by atoms with Crippen molar-refractivity contribution in [3.8, 4) is 11.6 Å². The van der Waals surface area contributed by atoms with Crippen LogP contribution in [0.2, 0.25) is 0 Å². The lowest BCUT2D eigenvalue weighted by Gasteiger charge is -2.41. The lowest BCUT2D eigenvalue weighted by molar-refractivity contribution is 0.0498. The van der Waals surface area contributed by atoms with E-state index in [1.807, 2.05) is 35.2 Å². The monoisotopic (exact) mass is 379 g/mol. The van der Waals surface area contributed by atoms with E-state index in [2.05, 4.69) is 28.5 Å². The number of piperidine rings is 1. The molecular weight excluding hydrogens is 354 g/mol. The fourth-order valence-corrected chi connectivity index (χ4v) is 3.78. The summed E-state index contributed by atoms with van der Waals surface area (Å²) in [4.78, 5) is 18.6. The summed E-state index contributed by atoms with van der Waals surface area (Å²) in [6.45, 7) is 1.90. The molecule has 6 nitrogen and oxygen atoms in total. The number of carbonyl (C=O) groups excluding carboxylic acids is 1. The molecule has 146 valence electrons. The third-order valence-corrected chi connectivity index (χ3v) is 5.41. The maximum absolute atomic E-state index is 12.5. The Bertz CT molecular complexity index is 873. The van der Waals surface area contributed by atoms with Gasteiger partial charge in [-0.3, -0.25) is 0 Å². The Morgan fingerprint density at radius 2 is 2.07 bits per heavy atom. The minimum absolute atomic E-state index is 0.0297. The van der Waals surface area contributed by atoms with Crippen LogP contribution in [0.3, 0.4) is 0 Å². The zero-order valence-corrected chi connectivity index (χ0v) is 16.1. The highest BCUT2D eigenvalue weighted by Crippen LogP contribution is 2.36. The zero-order valence-electron chi connectivity index (χ0n) is 16.1. The first-order valence-electron chi connectivity index (χ1n) is 9.67. The van der Waals surface area contributed by atoms with E-state index in [1.165, 1.54) is 0 Å². The van der Waals surface area contributed by atoms with Crippen LogP contribution in [0.1, 0.15) is 24.0 Å². The average molecular weight is 379 g/mol. The SMILES string of the molecule is COc1ncccc1CCNC(=O)N1CCC2(C=Cc3ccccc3O2)CC1. The molecule has 1 aromatic carbocycles. The molecule has 2 amide bonds. The number of nitrogens with one attached hydrogen (secondary N) is 1. The van der Waals surface area contributed by atoms with Crippen LogP contribution < -0.4 is 14.8 Å². The van der Waals surface area contributed by atoms with E-state index in [-0.39, 0.29) is 11.6 Å². The summed E-state index contributed by atoms with van der Waals surface area (Å²) in [5.74, 6) is 1.53. The summed E-state index contributed by atoms with van der Waals surface area (Å²) in [5.41, 5.74) is 1.80. The van der Waals surface area contributed by atoms with Gasteiger partial charge in [-0.25, -0.2) is 9.78 Å². The maximum atomic E-state index is 12.5. The molecule has 1 aromatic heterocycles. The number of likely N-dealkylation sites (tertiary alicyclic amines) is 1. The quantitative estimate of drug-likeness (QED) is 0.886. The number of rotatable bonds is 4. The lowest BCUT2D eigenvalue weighted by atomic mass is 9.88. The fraction of sp³-hybridized carbons (Fsp3) is 0.364. The Morgan fingerprint density at radius 3 is 2.89 bits per heavy atom. The second-order valence-corrected chi connectivity index (χ2v) is 7.18. The van der Waals surface area contributed by atoms with Crippen LogP contribution in [-0.4, -0.2) is 48.3 Å². The normalized spacial score (nSPS) is 17.0. The minimum atomic E-state index is -0.297. The van der Waals surface area contributed by atoms with Crippen LogP contribution in [0.4, 0.5) is 4.79 Å². The number of amides is 2. The number of hydrogen-bond acceptors (Lipinski definition) is 4. The Labute approximate surface area is 165 Å². The predicted octanol–water partition coefficient (Wildman–Crippen LogP) is 3.28. The van der Waals surface area contributed by atoms with Crippen molar-refractivity contribution in [2.24, 2.45) is 0 Å². The third kappa shape index (κ3) is 3.81. The number of fused-ring (bicyclic) bond motifs is 1. The molecule has 1 fully saturated rings. The van der Waals surface area contributed by atoms with E-state index >= 15 is 0 Å². The number of benzene rings is 1. The fourth-order valence-electron chi connectivity index (χ4n) is 3.78. The Morgan fingerprint density at radius 1 is 1.25 bits per heavy atom. The molecule has 0 bridgehead atoms. The van der Waals surface area contributed by atoms with Gasteiger partial charge in [0, 0.05) is 49.8 Å². The van der Waals surface area contributed by atoms with Crippen molar-refractivity contribution in [1.29, 1.82) is 0 Å². The van der Waals surface area contributed by atoms with Crippen LogP contribution in [0.15, 0.2) is 48.7 Å². The van der Waals surface area contributed by atoms with Crippen LogP contribution in [0.5, 0.6) is 11.6 Å². The van der Waals surface area contributed by atoms with Crippen molar-refractivity contribution in [3.05, 3.63) is 59.8 Å². The summed E-state index contributed by atoms with van der Waals surface area (Å²) < 4.78 is 11.5. The molecule has 0 atom stereocenters. The number of ether oxygens (including phenoxy) is 2. The van der Waals surface area contributed by atoms with Crippen molar-refractivity contribution in [2.45, 2.75) is 24.9 Å². The Balaban J connectivity index is 1.28. The summed E-state index contributed by atoms with van der Waals surface area (Å²) in [5, 5.41) is 3.00. The molecule has 1 N–H and O–H groups in total. The van der Waals surface area contributed by atoms with Crippen molar-refractivity contribution in [1.82, 2.24) is 15.2 Å². The number of para-hydroxylation sites is 1.